The van der Waals surface area contributed by atoms with E-state index in [1.165, 1.54) is 0 Å². The molecule has 0 bridgehead atoms. The first-order chi connectivity index (χ1) is 15.8. The lowest BCUT2D eigenvalue weighted by Crippen LogP contribution is -2.01. The maximum Gasteiger partial charge on any atom is 0.145 e. The Balaban J connectivity index is 1.52. The summed E-state index contributed by atoms with van der Waals surface area (Å²) in [5.74, 6) is 0. The van der Waals surface area contributed by atoms with Gasteiger partial charge in [-0.1, -0.05) is 0 Å². The van der Waals surface area contributed by atoms with E-state index >= 15 is 0 Å². The van der Waals surface area contributed by atoms with Gasteiger partial charge in [0.25, 0.3) is 0 Å². The minimum atomic E-state index is 0.928. The molecule has 1 aliphatic rings. The summed E-state index contributed by atoms with van der Waals surface area (Å²) < 4.78 is 6.27. The zero-order valence-corrected chi connectivity index (χ0v) is 16.9. The van der Waals surface area contributed by atoms with Crippen molar-refractivity contribution in [1.82, 2.24) is 28.7 Å². The maximum atomic E-state index is 4.77. The predicted molar refractivity (Wildman–Crippen MR) is 124 cm³/mol. The summed E-state index contributed by atoms with van der Waals surface area (Å²) >= 11 is 0. The van der Waals surface area contributed by atoms with E-state index in [0.29, 0.717) is 0 Å². The van der Waals surface area contributed by atoms with Crippen LogP contribution in [-0.4, -0.2) is 28.7 Å². The van der Waals surface area contributed by atoms with E-state index in [1.54, 1.807) is 12.4 Å². The zero-order valence-electron chi connectivity index (χ0n) is 16.9. The van der Waals surface area contributed by atoms with Gasteiger partial charge in [0, 0.05) is 65.5 Å². The van der Waals surface area contributed by atoms with Crippen molar-refractivity contribution < 1.29 is 0 Å². The van der Waals surface area contributed by atoms with Crippen molar-refractivity contribution in [3.05, 3.63) is 105 Å². The Morgan fingerprint density at radius 1 is 0.625 bits per heavy atom. The minimum Gasteiger partial charge on any atom is -0.321 e. The summed E-state index contributed by atoms with van der Waals surface area (Å²) in [7, 11) is 0. The molecule has 0 radical (unpaired) electrons. The Morgan fingerprint density at radius 2 is 1.38 bits per heavy atom. The number of aromatic nitrogens is 6. The molecule has 0 fully saturated rings. The van der Waals surface area contributed by atoms with Crippen LogP contribution in [-0.2, 0) is 0 Å². The molecule has 2 aromatic carbocycles. The topological polar surface area (TPSA) is 56.5 Å². The quantitative estimate of drug-likeness (QED) is 0.413. The fourth-order valence-electron chi connectivity index (χ4n) is 4.29. The summed E-state index contributed by atoms with van der Waals surface area (Å²) in [5.41, 5.74) is 6.30. The van der Waals surface area contributed by atoms with E-state index in [4.69, 9.17) is 4.98 Å². The van der Waals surface area contributed by atoms with Crippen molar-refractivity contribution >= 4 is 27.6 Å². The normalized spacial score (nSPS) is 12.8. The van der Waals surface area contributed by atoms with E-state index in [1.807, 2.05) is 46.4 Å². The van der Waals surface area contributed by atoms with Gasteiger partial charge < -0.3 is 14.0 Å². The van der Waals surface area contributed by atoms with Crippen LogP contribution >= 0.6 is 0 Å². The van der Waals surface area contributed by atoms with Gasteiger partial charge in [-0.15, -0.1) is 0 Å². The fraction of sp³-hybridized carbons (Fsp3) is 0. The summed E-state index contributed by atoms with van der Waals surface area (Å²) in [5, 5.41) is 2.27. The largest absolute Gasteiger partial charge is 0.321 e. The highest BCUT2D eigenvalue weighted by atomic mass is 15.2. The highest BCUT2D eigenvalue weighted by Crippen LogP contribution is 2.35. The Morgan fingerprint density at radius 3 is 2.12 bits per heavy atom. The van der Waals surface area contributed by atoms with Crippen molar-refractivity contribution in [3.8, 4) is 17.1 Å². The van der Waals surface area contributed by atoms with Gasteiger partial charge in [0.1, 0.15) is 5.65 Å². The highest BCUT2D eigenvalue weighted by molar-refractivity contribution is 6.08. The number of nitrogens with zero attached hydrogens (tertiary/aromatic N) is 7. The zero-order chi connectivity index (χ0) is 21.1. The number of imidazole rings is 2. The first kappa shape index (κ1) is 17.1. The number of rotatable bonds is 4. The summed E-state index contributed by atoms with van der Waals surface area (Å²) in [4.78, 5) is 15.3. The molecule has 0 N–H and O–H groups in total. The average molecular weight is 415 g/mol. The molecule has 5 heterocycles. The van der Waals surface area contributed by atoms with Crippen LogP contribution in [0, 0.1) is 0 Å². The van der Waals surface area contributed by atoms with Crippen LogP contribution in [0.5, 0.6) is 0 Å². The number of hydrogen-bond acceptors (Lipinski definition) is 4. The molecule has 7 nitrogen and oxygen atoms in total. The third kappa shape index (κ3) is 2.58. The second-order valence-corrected chi connectivity index (χ2v) is 7.76. The van der Waals surface area contributed by atoms with Crippen LogP contribution in [0.25, 0.3) is 39.0 Å². The average Bonchev–Trinajstić information content (AvgIpc) is 3.22. The molecular formula is C25H17N7. The smallest absolute Gasteiger partial charge is 0.145 e. The molecule has 7 heteroatoms. The molecule has 0 unspecified atom stereocenters. The molecule has 32 heavy (non-hydrogen) atoms. The summed E-state index contributed by atoms with van der Waals surface area (Å²) in [6.45, 7) is 0. The van der Waals surface area contributed by atoms with Gasteiger partial charge >= 0.3 is 0 Å². The van der Waals surface area contributed by atoms with Crippen LogP contribution in [0.2, 0.25) is 0 Å². The molecule has 0 spiro atoms. The Hall–Kier alpha value is -4.65. The molecule has 1 aliphatic heterocycles. The number of anilines is 1. The van der Waals surface area contributed by atoms with E-state index < -0.39 is 0 Å². The van der Waals surface area contributed by atoms with Crippen LogP contribution < -0.4 is 4.90 Å². The maximum absolute atomic E-state index is 4.77. The first-order valence-electron chi connectivity index (χ1n) is 10.3. The lowest BCUT2D eigenvalue weighted by molar-refractivity contribution is 1.04. The molecule has 0 atom stereocenters. The number of pyridine rings is 1. The van der Waals surface area contributed by atoms with E-state index in [-0.39, 0.29) is 0 Å². The van der Waals surface area contributed by atoms with E-state index in [9.17, 15) is 0 Å². The second kappa shape index (κ2) is 6.42. The number of fused-ring (bicyclic) bond motifs is 3. The van der Waals surface area contributed by atoms with Crippen LogP contribution in [0.4, 0.5) is 5.69 Å². The van der Waals surface area contributed by atoms with Gasteiger partial charge in [0.15, 0.2) is 0 Å². The van der Waals surface area contributed by atoms with E-state index in [0.717, 1.165) is 44.7 Å². The van der Waals surface area contributed by atoms with Gasteiger partial charge in [-0.3, -0.25) is 4.57 Å². The standard InChI is InChI=1S/C25H17N7/c1-2-22-23-15-18(30-8-6-26-16-30)3-4-24(23)32(25(22)28-5-1)21-13-19(29-10-11-29)12-20(14-21)31-9-7-27-17-31/h1-17H. The molecule has 152 valence electrons. The van der Waals surface area contributed by atoms with Gasteiger partial charge in [-0.25, -0.2) is 15.0 Å². The lowest BCUT2D eigenvalue weighted by atomic mass is 10.1. The van der Waals surface area contributed by atoms with Crippen molar-refractivity contribution in [2.75, 3.05) is 4.90 Å². The lowest BCUT2D eigenvalue weighted by Gasteiger charge is -2.14. The third-order valence-electron chi connectivity index (χ3n) is 5.86. The molecule has 0 saturated carbocycles. The predicted octanol–water partition coefficient (Wildman–Crippen LogP) is 4.84. The molecule has 7 rings (SSSR count). The Labute approximate surface area is 183 Å². The molecule has 0 aliphatic carbocycles. The van der Waals surface area contributed by atoms with Gasteiger partial charge in [0.2, 0.25) is 0 Å². The van der Waals surface area contributed by atoms with Crippen molar-refractivity contribution in [2.45, 2.75) is 0 Å². The monoisotopic (exact) mass is 415 g/mol. The van der Waals surface area contributed by atoms with Crippen LogP contribution in [0.3, 0.4) is 0 Å². The molecule has 4 aromatic heterocycles. The van der Waals surface area contributed by atoms with Gasteiger partial charge in [-0.2, -0.15) is 0 Å². The Kier molecular flexibility index (Phi) is 3.43. The first-order valence-corrected chi connectivity index (χ1v) is 10.3. The summed E-state index contributed by atoms with van der Waals surface area (Å²) in [6, 6.07) is 17.1. The Bertz CT molecular complexity index is 1620. The third-order valence-corrected chi connectivity index (χ3v) is 5.86. The highest BCUT2D eigenvalue weighted by Gasteiger charge is 2.18. The fourth-order valence-corrected chi connectivity index (χ4v) is 4.29. The molecular weight excluding hydrogens is 398 g/mol. The minimum absolute atomic E-state index is 0.928. The number of benzene rings is 2. The molecule has 6 aromatic rings. The van der Waals surface area contributed by atoms with Crippen LogP contribution in [0.15, 0.2) is 105 Å². The molecule has 0 saturated heterocycles. The SMILES string of the molecule is C1=CN1c1cc(-n2ccnc2)cc(-n2c3ccc(-n4ccnc4)cc3c3cccnc32)c1. The van der Waals surface area contributed by atoms with Crippen molar-refractivity contribution in [3.63, 3.8) is 0 Å². The van der Waals surface area contributed by atoms with E-state index in [2.05, 4.69) is 74.3 Å². The van der Waals surface area contributed by atoms with Crippen LogP contribution in [0.1, 0.15) is 0 Å². The second-order valence-electron chi connectivity index (χ2n) is 7.76. The van der Waals surface area contributed by atoms with Crippen molar-refractivity contribution in [2.24, 2.45) is 0 Å². The van der Waals surface area contributed by atoms with Gasteiger partial charge in [-0.05, 0) is 48.5 Å². The van der Waals surface area contributed by atoms with Crippen molar-refractivity contribution in [1.29, 1.82) is 0 Å². The molecule has 0 amide bonds. The number of hydrogen-bond donors (Lipinski definition) is 0. The van der Waals surface area contributed by atoms with Gasteiger partial charge in [0.05, 0.1) is 29.5 Å². The summed E-state index contributed by atoms with van der Waals surface area (Å²) in [6.07, 6.45) is 17.1.